The van der Waals surface area contributed by atoms with E-state index in [1.807, 2.05) is 13.0 Å². The molecule has 158 valence electrons. The second-order valence-corrected chi connectivity index (χ2v) is 9.22. The Morgan fingerprint density at radius 2 is 1.90 bits per heavy atom. The quantitative estimate of drug-likeness (QED) is 0.601. The van der Waals surface area contributed by atoms with Gasteiger partial charge >= 0.3 is 0 Å². The molecule has 1 saturated heterocycles. The Labute approximate surface area is 181 Å². The number of anilines is 1. The van der Waals surface area contributed by atoms with E-state index in [4.69, 9.17) is 0 Å². The topological polar surface area (TPSA) is 70.1 Å². The first-order chi connectivity index (χ1) is 14.5. The predicted molar refractivity (Wildman–Crippen MR) is 123 cm³/mol. The fraction of sp³-hybridized carbons (Fsp3) is 0.435. The molecule has 1 aromatic carbocycles. The highest BCUT2D eigenvalue weighted by atomic mass is 32.1. The van der Waals surface area contributed by atoms with Gasteiger partial charge in [-0.25, -0.2) is 9.97 Å². The molecule has 0 aliphatic carbocycles. The third-order valence-electron chi connectivity index (χ3n) is 5.88. The first kappa shape index (κ1) is 20.8. The first-order valence-corrected chi connectivity index (χ1v) is 11.4. The number of benzene rings is 1. The van der Waals surface area contributed by atoms with Crippen molar-refractivity contribution in [2.75, 3.05) is 18.4 Å². The van der Waals surface area contributed by atoms with E-state index < -0.39 is 6.04 Å². The molecule has 0 radical (unpaired) electrons. The standard InChI is InChI=1S/C23H29N5OS/c1-15-17(3)30-23-20(15)21(25-14-26-23)27-16(2)22(29)24-12-18-8-4-5-9-19(18)13-28-10-6-7-11-28/h4-5,8-9,14,16H,6-7,10-13H2,1-3H3,(H,24,29)(H,25,26,27)/t16-/m0/s1. The van der Waals surface area contributed by atoms with Crippen LogP contribution in [0.15, 0.2) is 30.6 Å². The number of hydrogen-bond acceptors (Lipinski definition) is 6. The van der Waals surface area contributed by atoms with E-state index in [2.05, 4.69) is 57.5 Å². The van der Waals surface area contributed by atoms with Crippen LogP contribution < -0.4 is 10.6 Å². The lowest BCUT2D eigenvalue weighted by atomic mass is 10.1. The maximum atomic E-state index is 12.8. The second-order valence-electron chi connectivity index (χ2n) is 8.02. The monoisotopic (exact) mass is 423 g/mol. The molecule has 3 heterocycles. The van der Waals surface area contributed by atoms with E-state index in [0.717, 1.165) is 35.7 Å². The van der Waals surface area contributed by atoms with Gasteiger partial charge in [0.2, 0.25) is 5.91 Å². The summed E-state index contributed by atoms with van der Waals surface area (Å²) in [5.41, 5.74) is 3.64. The van der Waals surface area contributed by atoms with Crippen molar-refractivity contribution in [3.05, 3.63) is 52.2 Å². The van der Waals surface area contributed by atoms with Crippen LogP contribution in [-0.2, 0) is 17.9 Å². The summed E-state index contributed by atoms with van der Waals surface area (Å²) in [6.07, 6.45) is 4.11. The molecule has 1 fully saturated rings. The number of fused-ring (bicyclic) bond motifs is 1. The van der Waals surface area contributed by atoms with Gasteiger partial charge in [-0.3, -0.25) is 9.69 Å². The van der Waals surface area contributed by atoms with Crippen molar-refractivity contribution in [3.63, 3.8) is 0 Å². The minimum atomic E-state index is -0.395. The van der Waals surface area contributed by atoms with Crippen molar-refractivity contribution in [2.24, 2.45) is 0 Å². The molecule has 1 amide bonds. The Hall–Kier alpha value is -2.51. The van der Waals surface area contributed by atoms with E-state index in [-0.39, 0.29) is 5.91 Å². The zero-order chi connectivity index (χ0) is 21.1. The largest absolute Gasteiger partial charge is 0.358 e. The van der Waals surface area contributed by atoms with E-state index in [1.54, 1.807) is 17.7 Å². The molecular weight excluding hydrogens is 394 g/mol. The lowest BCUT2D eigenvalue weighted by Gasteiger charge is -2.19. The van der Waals surface area contributed by atoms with E-state index >= 15 is 0 Å². The summed E-state index contributed by atoms with van der Waals surface area (Å²) in [6.45, 7) is 9.84. The van der Waals surface area contributed by atoms with Crippen molar-refractivity contribution < 1.29 is 4.79 Å². The van der Waals surface area contributed by atoms with Gasteiger partial charge in [-0.05, 0) is 63.4 Å². The molecule has 4 rings (SSSR count). The zero-order valence-electron chi connectivity index (χ0n) is 17.9. The van der Waals surface area contributed by atoms with Crippen LogP contribution >= 0.6 is 11.3 Å². The molecule has 0 spiro atoms. The normalized spacial score (nSPS) is 15.4. The number of aryl methyl sites for hydroxylation is 2. The number of nitrogens with one attached hydrogen (secondary N) is 2. The Morgan fingerprint density at radius 3 is 2.67 bits per heavy atom. The summed E-state index contributed by atoms with van der Waals surface area (Å²) < 4.78 is 0. The van der Waals surface area contributed by atoms with Crippen LogP contribution in [0.25, 0.3) is 10.2 Å². The molecule has 2 aromatic heterocycles. The number of aromatic nitrogens is 2. The molecule has 0 saturated carbocycles. The minimum Gasteiger partial charge on any atom is -0.358 e. The Bertz CT molecular complexity index is 1040. The number of carbonyl (C=O) groups excluding carboxylic acids is 1. The predicted octanol–water partition coefficient (Wildman–Crippen LogP) is 4.02. The van der Waals surface area contributed by atoms with Gasteiger partial charge in [0.05, 0.1) is 5.39 Å². The highest BCUT2D eigenvalue weighted by Crippen LogP contribution is 2.32. The number of likely N-dealkylation sites (tertiary alicyclic amines) is 1. The molecule has 0 unspecified atom stereocenters. The van der Waals surface area contributed by atoms with Crippen molar-refractivity contribution >= 4 is 33.3 Å². The maximum Gasteiger partial charge on any atom is 0.242 e. The van der Waals surface area contributed by atoms with Gasteiger partial charge in [0.15, 0.2) is 0 Å². The van der Waals surface area contributed by atoms with Crippen molar-refractivity contribution in [3.8, 4) is 0 Å². The van der Waals surface area contributed by atoms with Crippen LogP contribution in [0.3, 0.4) is 0 Å². The fourth-order valence-corrected chi connectivity index (χ4v) is 4.96. The zero-order valence-corrected chi connectivity index (χ0v) is 18.7. The maximum absolute atomic E-state index is 12.8. The fourth-order valence-electron chi connectivity index (χ4n) is 3.96. The van der Waals surface area contributed by atoms with Crippen LogP contribution in [0, 0.1) is 13.8 Å². The summed E-state index contributed by atoms with van der Waals surface area (Å²) in [5, 5.41) is 7.38. The number of amides is 1. The van der Waals surface area contributed by atoms with Gasteiger partial charge in [-0.1, -0.05) is 24.3 Å². The Kier molecular flexibility index (Phi) is 6.29. The number of rotatable bonds is 7. The number of thiophene rings is 1. The van der Waals surface area contributed by atoms with Crippen molar-refractivity contribution in [1.82, 2.24) is 20.2 Å². The van der Waals surface area contributed by atoms with Gasteiger partial charge in [0.1, 0.15) is 23.0 Å². The molecule has 2 N–H and O–H groups in total. The summed E-state index contributed by atoms with van der Waals surface area (Å²) in [5.74, 6) is 0.682. The Morgan fingerprint density at radius 1 is 1.17 bits per heavy atom. The van der Waals surface area contributed by atoms with Crippen LogP contribution in [-0.4, -0.2) is 39.9 Å². The van der Waals surface area contributed by atoms with Crippen LogP contribution in [0.5, 0.6) is 0 Å². The van der Waals surface area contributed by atoms with Gasteiger partial charge in [0.25, 0.3) is 0 Å². The molecule has 7 heteroatoms. The van der Waals surface area contributed by atoms with Crippen LogP contribution in [0.1, 0.15) is 41.3 Å². The van der Waals surface area contributed by atoms with Crippen molar-refractivity contribution in [1.29, 1.82) is 0 Å². The summed E-state index contributed by atoms with van der Waals surface area (Å²) in [7, 11) is 0. The third kappa shape index (κ3) is 4.47. The van der Waals surface area contributed by atoms with Crippen LogP contribution in [0.2, 0.25) is 0 Å². The van der Waals surface area contributed by atoms with Gasteiger partial charge in [-0.15, -0.1) is 11.3 Å². The number of hydrogen-bond donors (Lipinski definition) is 2. The van der Waals surface area contributed by atoms with E-state index in [1.165, 1.54) is 34.4 Å². The number of carbonyl (C=O) groups is 1. The molecule has 6 nitrogen and oxygen atoms in total. The molecular formula is C23H29N5OS. The third-order valence-corrected chi connectivity index (χ3v) is 6.99. The van der Waals surface area contributed by atoms with E-state index in [0.29, 0.717) is 6.54 Å². The van der Waals surface area contributed by atoms with Gasteiger partial charge < -0.3 is 10.6 Å². The highest BCUT2D eigenvalue weighted by Gasteiger charge is 2.18. The molecule has 30 heavy (non-hydrogen) atoms. The molecule has 0 bridgehead atoms. The highest BCUT2D eigenvalue weighted by molar-refractivity contribution is 7.18. The smallest absolute Gasteiger partial charge is 0.242 e. The summed E-state index contributed by atoms with van der Waals surface area (Å²) in [6, 6.07) is 7.99. The van der Waals surface area contributed by atoms with Crippen molar-refractivity contribution in [2.45, 2.75) is 52.7 Å². The molecule has 1 atom stereocenters. The first-order valence-electron chi connectivity index (χ1n) is 10.6. The molecule has 1 aliphatic heterocycles. The SMILES string of the molecule is Cc1sc2ncnc(N[C@@H](C)C(=O)NCc3ccccc3CN3CCCC3)c2c1C. The minimum absolute atomic E-state index is 0.0395. The average Bonchev–Trinajstić information content (AvgIpc) is 3.35. The molecule has 3 aromatic rings. The average molecular weight is 424 g/mol. The van der Waals surface area contributed by atoms with Crippen LogP contribution in [0.4, 0.5) is 5.82 Å². The summed E-state index contributed by atoms with van der Waals surface area (Å²) >= 11 is 1.65. The lowest BCUT2D eigenvalue weighted by Crippen LogP contribution is -2.37. The van der Waals surface area contributed by atoms with Gasteiger partial charge in [0, 0.05) is 18.0 Å². The van der Waals surface area contributed by atoms with E-state index in [9.17, 15) is 4.79 Å². The summed E-state index contributed by atoms with van der Waals surface area (Å²) in [4.78, 5) is 26.2. The second kappa shape index (κ2) is 9.10. The number of nitrogens with zero attached hydrogens (tertiary/aromatic N) is 3. The van der Waals surface area contributed by atoms with Gasteiger partial charge in [-0.2, -0.15) is 0 Å². The Balaban J connectivity index is 1.40. The lowest BCUT2D eigenvalue weighted by molar-refractivity contribution is -0.121. The molecule has 1 aliphatic rings.